The molecule has 5 aromatic carbocycles. The lowest BCUT2D eigenvalue weighted by molar-refractivity contribution is 1.06. The van der Waals surface area contributed by atoms with Crippen LogP contribution < -0.4 is 0 Å². The van der Waals surface area contributed by atoms with Gasteiger partial charge in [-0.3, -0.25) is 19.9 Å². The standard InChI is InChI=1S/C53H37N7/c1-3-15-36(16-4-1)51-58-52(37-17-5-2-6-18-37)60-53(59-51)46-32-38(40-28-42(47-19-7-11-23-54-47)34-43(29-40)48-20-8-12-24-55-48)27-39(33-46)41-30-44(49-21-9-13-25-56-49)35-45(31-41)50-22-10-14-26-57-50/h1-9,11-21,23-35H,10,22H2. The molecule has 0 N–H and O–H groups in total. The molecule has 0 fully saturated rings. The van der Waals surface area contributed by atoms with Crippen LogP contribution in [-0.4, -0.2) is 35.6 Å². The SMILES string of the molecule is C1=CN=C(c2cc(-c3cc(-c4cc(-c5ccccn5)cc(-c5ccccn5)c4)cc(-c4nc(-c5ccccc5)nc(-c5ccccc5)n4)c3)cc(-c3ccccn3)c2)CC1. The molecule has 0 atom stereocenters. The van der Waals surface area contributed by atoms with E-state index in [4.69, 9.17) is 34.9 Å². The molecule has 0 amide bonds. The zero-order valence-electron chi connectivity index (χ0n) is 32.6. The van der Waals surface area contributed by atoms with Gasteiger partial charge in [-0.1, -0.05) is 84.9 Å². The van der Waals surface area contributed by atoms with Gasteiger partial charge >= 0.3 is 0 Å². The summed E-state index contributed by atoms with van der Waals surface area (Å²) in [6.07, 6.45) is 11.3. The minimum Gasteiger partial charge on any atom is -0.261 e. The fraction of sp³-hybridized carbons (Fsp3) is 0.0377. The Morgan fingerprint density at radius 3 is 1.10 bits per heavy atom. The van der Waals surface area contributed by atoms with Crippen molar-refractivity contribution < 1.29 is 0 Å². The Bertz CT molecular complexity index is 2750. The van der Waals surface area contributed by atoms with E-state index in [1.165, 1.54) is 0 Å². The van der Waals surface area contributed by atoms with Crippen molar-refractivity contribution >= 4 is 5.71 Å². The first-order valence-corrected chi connectivity index (χ1v) is 20.0. The van der Waals surface area contributed by atoms with Crippen molar-refractivity contribution in [1.29, 1.82) is 0 Å². The molecule has 284 valence electrons. The lowest BCUT2D eigenvalue weighted by Gasteiger charge is -2.16. The van der Waals surface area contributed by atoms with Crippen LogP contribution in [0.4, 0.5) is 0 Å². The summed E-state index contributed by atoms with van der Waals surface area (Å²) in [4.78, 5) is 34.4. The summed E-state index contributed by atoms with van der Waals surface area (Å²) in [5, 5.41) is 0. The van der Waals surface area contributed by atoms with E-state index in [1.807, 2.05) is 134 Å². The molecular weight excluding hydrogens is 735 g/mol. The average molecular weight is 772 g/mol. The van der Waals surface area contributed by atoms with Crippen LogP contribution in [0.1, 0.15) is 18.4 Å². The molecular formula is C53H37N7. The highest BCUT2D eigenvalue weighted by molar-refractivity contribution is 6.03. The van der Waals surface area contributed by atoms with Gasteiger partial charge < -0.3 is 0 Å². The third-order valence-corrected chi connectivity index (χ3v) is 10.5. The van der Waals surface area contributed by atoms with Crippen LogP contribution in [0.25, 0.3) is 90.2 Å². The molecule has 0 unspecified atom stereocenters. The molecule has 4 aromatic heterocycles. The highest BCUT2D eigenvalue weighted by atomic mass is 15.0. The van der Waals surface area contributed by atoms with Gasteiger partial charge in [-0.05, 0) is 132 Å². The summed E-state index contributed by atoms with van der Waals surface area (Å²) in [6.45, 7) is 0. The minimum absolute atomic E-state index is 0.569. The van der Waals surface area contributed by atoms with Crippen LogP contribution in [0.3, 0.4) is 0 Å². The number of rotatable bonds is 9. The van der Waals surface area contributed by atoms with Gasteiger partial charge in [0, 0.05) is 63.9 Å². The Kier molecular flexibility index (Phi) is 9.96. The molecule has 5 heterocycles. The van der Waals surface area contributed by atoms with Crippen molar-refractivity contribution in [2.45, 2.75) is 12.8 Å². The van der Waals surface area contributed by atoms with Crippen molar-refractivity contribution in [1.82, 2.24) is 29.9 Å². The van der Waals surface area contributed by atoms with Crippen LogP contribution in [0.15, 0.2) is 206 Å². The van der Waals surface area contributed by atoms with Gasteiger partial charge in [-0.25, -0.2) is 15.0 Å². The van der Waals surface area contributed by atoms with E-state index in [9.17, 15) is 0 Å². The normalized spacial score (nSPS) is 12.2. The first-order chi connectivity index (χ1) is 29.7. The van der Waals surface area contributed by atoms with E-state index in [0.717, 1.165) is 96.8 Å². The maximum absolute atomic E-state index is 5.18. The number of benzene rings is 5. The topological polar surface area (TPSA) is 89.7 Å². The van der Waals surface area contributed by atoms with Gasteiger partial charge in [-0.2, -0.15) is 0 Å². The summed E-state index contributed by atoms with van der Waals surface area (Å²) in [5.74, 6) is 1.77. The smallest absolute Gasteiger partial charge is 0.164 e. The van der Waals surface area contributed by atoms with Crippen LogP contribution >= 0.6 is 0 Å². The van der Waals surface area contributed by atoms with Crippen molar-refractivity contribution in [3.8, 4) is 90.2 Å². The highest BCUT2D eigenvalue weighted by Crippen LogP contribution is 2.38. The number of hydrogen-bond donors (Lipinski definition) is 0. The monoisotopic (exact) mass is 771 g/mol. The lowest BCUT2D eigenvalue weighted by Crippen LogP contribution is -2.04. The van der Waals surface area contributed by atoms with Crippen molar-refractivity contribution in [2.75, 3.05) is 0 Å². The zero-order valence-corrected chi connectivity index (χ0v) is 32.6. The molecule has 0 aliphatic carbocycles. The number of allylic oxidation sites excluding steroid dienone is 1. The van der Waals surface area contributed by atoms with Gasteiger partial charge in [0.25, 0.3) is 0 Å². The van der Waals surface area contributed by atoms with Crippen LogP contribution in [-0.2, 0) is 0 Å². The van der Waals surface area contributed by atoms with Gasteiger partial charge in [0.15, 0.2) is 17.5 Å². The van der Waals surface area contributed by atoms with E-state index in [1.54, 1.807) is 0 Å². The molecule has 0 saturated carbocycles. The minimum atomic E-state index is 0.569. The summed E-state index contributed by atoms with van der Waals surface area (Å²) < 4.78 is 0. The molecule has 60 heavy (non-hydrogen) atoms. The second-order valence-corrected chi connectivity index (χ2v) is 14.6. The number of nitrogens with zero attached hydrogens (tertiary/aromatic N) is 7. The van der Waals surface area contributed by atoms with Gasteiger partial charge in [0.2, 0.25) is 0 Å². The van der Waals surface area contributed by atoms with Gasteiger partial charge in [0.1, 0.15) is 0 Å². The largest absolute Gasteiger partial charge is 0.261 e. The first kappa shape index (κ1) is 36.3. The quantitative estimate of drug-likeness (QED) is 0.145. The molecule has 9 aromatic rings. The Morgan fingerprint density at radius 2 is 0.683 bits per heavy atom. The molecule has 1 aliphatic rings. The second kappa shape index (κ2) is 16.4. The van der Waals surface area contributed by atoms with E-state index >= 15 is 0 Å². The predicted molar refractivity (Wildman–Crippen MR) is 242 cm³/mol. The van der Waals surface area contributed by atoms with Crippen molar-refractivity contribution in [3.05, 3.63) is 206 Å². The maximum Gasteiger partial charge on any atom is 0.164 e. The molecule has 10 rings (SSSR count). The maximum atomic E-state index is 5.18. The molecule has 0 bridgehead atoms. The predicted octanol–water partition coefficient (Wildman–Crippen LogP) is 12.5. The second-order valence-electron chi connectivity index (χ2n) is 14.6. The average Bonchev–Trinajstić information content (AvgIpc) is 3.35. The Balaban J connectivity index is 1.24. The fourth-order valence-corrected chi connectivity index (χ4v) is 7.55. The van der Waals surface area contributed by atoms with Crippen molar-refractivity contribution in [2.24, 2.45) is 4.99 Å². The molecule has 0 spiro atoms. The Labute approximate surface area is 348 Å². The third kappa shape index (κ3) is 7.80. The van der Waals surface area contributed by atoms with E-state index < -0.39 is 0 Å². The van der Waals surface area contributed by atoms with E-state index in [0.29, 0.717) is 17.5 Å². The molecule has 0 radical (unpaired) electrons. The van der Waals surface area contributed by atoms with Crippen LogP contribution in [0, 0.1) is 0 Å². The van der Waals surface area contributed by atoms with Gasteiger partial charge in [0.05, 0.1) is 17.1 Å². The van der Waals surface area contributed by atoms with Crippen LogP contribution in [0.2, 0.25) is 0 Å². The lowest BCUT2D eigenvalue weighted by atomic mass is 9.90. The van der Waals surface area contributed by atoms with E-state index in [-0.39, 0.29) is 0 Å². The zero-order chi connectivity index (χ0) is 40.1. The number of hydrogen-bond acceptors (Lipinski definition) is 7. The Hall–Kier alpha value is -8.03. The molecule has 0 saturated heterocycles. The fourth-order valence-electron chi connectivity index (χ4n) is 7.55. The van der Waals surface area contributed by atoms with Crippen molar-refractivity contribution in [3.63, 3.8) is 0 Å². The van der Waals surface area contributed by atoms with Crippen LogP contribution in [0.5, 0.6) is 0 Å². The van der Waals surface area contributed by atoms with E-state index in [2.05, 4.69) is 66.7 Å². The Morgan fingerprint density at radius 1 is 0.317 bits per heavy atom. The number of pyridine rings is 3. The summed E-state index contributed by atoms with van der Waals surface area (Å²) >= 11 is 0. The molecule has 7 heteroatoms. The summed E-state index contributed by atoms with van der Waals surface area (Å²) in [6, 6.07) is 58.0. The highest BCUT2D eigenvalue weighted by Gasteiger charge is 2.18. The molecule has 1 aliphatic heterocycles. The van der Waals surface area contributed by atoms with Gasteiger partial charge in [-0.15, -0.1) is 0 Å². The number of aromatic nitrogens is 6. The summed E-state index contributed by atoms with van der Waals surface area (Å²) in [7, 11) is 0. The summed E-state index contributed by atoms with van der Waals surface area (Å²) in [5.41, 5.74) is 14.4. The number of aliphatic imine (C=N–C) groups is 1. The third-order valence-electron chi connectivity index (χ3n) is 10.5. The molecule has 7 nitrogen and oxygen atoms in total. The first-order valence-electron chi connectivity index (χ1n) is 20.0.